The van der Waals surface area contributed by atoms with Crippen molar-refractivity contribution in [1.82, 2.24) is 15.1 Å². The Balaban J connectivity index is 1.39. The van der Waals surface area contributed by atoms with E-state index < -0.39 is 0 Å². The van der Waals surface area contributed by atoms with E-state index in [1.807, 2.05) is 12.1 Å². The second-order valence-electron chi connectivity index (χ2n) is 7.58. The number of ketones is 1. The zero-order valence-electron chi connectivity index (χ0n) is 16.2. The highest BCUT2D eigenvalue weighted by Crippen LogP contribution is 2.18. The van der Waals surface area contributed by atoms with Crippen LogP contribution in [0.5, 0.6) is 0 Å². The summed E-state index contributed by atoms with van der Waals surface area (Å²) in [7, 11) is 0. The highest BCUT2D eigenvalue weighted by molar-refractivity contribution is 9.10. The smallest absolute Gasteiger partial charge is 0.317 e. The predicted molar refractivity (Wildman–Crippen MR) is 111 cm³/mol. The number of halogens is 1. The zero-order chi connectivity index (χ0) is 19.9. The van der Waals surface area contributed by atoms with Gasteiger partial charge in [0.15, 0.2) is 5.78 Å². The van der Waals surface area contributed by atoms with Crippen LogP contribution in [-0.4, -0.2) is 59.7 Å². The molecule has 1 aliphatic heterocycles. The van der Waals surface area contributed by atoms with Crippen LogP contribution in [0.25, 0.3) is 0 Å². The van der Waals surface area contributed by atoms with Crippen molar-refractivity contribution in [3.8, 4) is 0 Å². The van der Waals surface area contributed by atoms with Gasteiger partial charge in [-0.25, -0.2) is 4.79 Å². The number of nitrogens with one attached hydrogen (secondary N) is 1. The fraction of sp³-hybridized carbons (Fsp3) is 0.571. The molecule has 2 aliphatic rings. The van der Waals surface area contributed by atoms with E-state index in [1.165, 1.54) is 19.3 Å². The molecular formula is C21H28BrN3O3. The monoisotopic (exact) mass is 449 g/mol. The SMILES string of the molecule is O=C(CCC(=O)N1CCN(C(=O)NC2CCCCC2)CC1)c1ccc(Br)cc1. The van der Waals surface area contributed by atoms with Gasteiger partial charge in [-0.15, -0.1) is 0 Å². The van der Waals surface area contributed by atoms with Crippen LogP contribution < -0.4 is 5.32 Å². The van der Waals surface area contributed by atoms with E-state index in [4.69, 9.17) is 0 Å². The third kappa shape index (κ3) is 5.80. The number of piperazine rings is 1. The highest BCUT2D eigenvalue weighted by Gasteiger charge is 2.26. The number of benzene rings is 1. The summed E-state index contributed by atoms with van der Waals surface area (Å²) in [4.78, 5) is 40.6. The number of amides is 3. The molecule has 3 rings (SSSR count). The Labute approximate surface area is 174 Å². The molecule has 1 saturated carbocycles. The number of urea groups is 1. The molecule has 0 atom stereocenters. The molecule has 7 heteroatoms. The Hall–Kier alpha value is -1.89. The third-order valence-corrected chi connectivity index (χ3v) is 6.11. The lowest BCUT2D eigenvalue weighted by atomic mass is 9.96. The first-order valence-electron chi connectivity index (χ1n) is 10.1. The van der Waals surface area contributed by atoms with Gasteiger partial charge in [0.2, 0.25) is 5.91 Å². The summed E-state index contributed by atoms with van der Waals surface area (Å²) in [5.41, 5.74) is 0.625. The van der Waals surface area contributed by atoms with E-state index in [2.05, 4.69) is 21.2 Å². The molecule has 0 spiro atoms. The summed E-state index contributed by atoms with van der Waals surface area (Å²) in [6.07, 6.45) is 6.19. The van der Waals surface area contributed by atoms with Gasteiger partial charge in [0.25, 0.3) is 0 Å². The van der Waals surface area contributed by atoms with E-state index in [9.17, 15) is 14.4 Å². The van der Waals surface area contributed by atoms with Crippen molar-refractivity contribution in [3.63, 3.8) is 0 Å². The Bertz CT molecular complexity index is 693. The highest BCUT2D eigenvalue weighted by atomic mass is 79.9. The number of rotatable bonds is 5. The molecule has 0 unspecified atom stereocenters. The maximum Gasteiger partial charge on any atom is 0.317 e. The fourth-order valence-corrected chi connectivity index (χ4v) is 4.09. The summed E-state index contributed by atoms with van der Waals surface area (Å²) < 4.78 is 0.922. The fourth-order valence-electron chi connectivity index (χ4n) is 3.83. The maximum atomic E-state index is 12.4. The molecule has 1 aromatic carbocycles. The molecule has 3 amide bonds. The van der Waals surface area contributed by atoms with Crippen molar-refractivity contribution in [2.75, 3.05) is 26.2 Å². The Morgan fingerprint density at radius 3 is 2.14 bits per heavy atom. The van der Waals surface area contributed by atoms with Crippen molar-refractivity contribution >= 4 is 33.7 Å². The summed E-state index contributed by atoms with van der Waals surface area (Å²) >= 11 is 3.35. The number of carbonyl (C=O) groups is 3. The molecule has 2 fully saturated rings. The maximum absolute atomic E-state index is 12.4. The van der Waals surface area contributed by atoms with Gasteiger partial charge in [0.05, 0.1) is 0 Å². The molecule has 0 aromatic heterocycles. The second-order valence-corrected chi connectivity index (χ2v) is 8.50. The Morgan fingerprint density at radius 1 is 0.893 bits per heavy atom. The predicted octanol–water partition coefficient (Wildman–Crippen LogP) is 3.60. The quantitative estimate of drug-likeness (QED) is 0.697. The number of Topliss-reactive ketones (excluding diaryl/α,β-unsaturated/α-hetero) is 1. The van der Waals surface area contributed by atoms with Gasteiger partial charge in [0.1, 0.15) is 0 Å². The first-order valence-corrected chi connectivity index (χ1v) is 10.9. The van der Waals surface area contributed by atoms with Crippen LogP contribution in [0.15, 0.2) is 28.7 Å². The van der Waals surface area contributed by atoms with Crippen LogP contribution in [-0.2, 0) is 4.79 Å². The molecule has 28 heavy (non-hydrogen) atoms. The van der Waals surface area contributed by atoms with Crippen molar-refractivity contribution in [2.45, 2.75) is 51.0 Å². The third-order valence-electron chi connectivity index (χ3n) is 5.58. The second kappa shape index (κ2) is 10.0. The van der Waals surface area contributed by atoms with Gasteiger partial charge in [-0.2, -0.15) is 0 Å². The van der Waals surface area contributed by atoms with Crippen molar-refractivity contribution in [2.24, 2.45) is 0 Å². The van der Waals surface area contributed by atoms with Crippen LogP contribution in [0.1, 0.15) is 55.3 Å². The van der Waals surface area contributed by atoms with Crippen LogP contribution in [0.2, 0.25) is 0 Å². The number of nitrogens with zero attached hydrogens (tertiary/aromatic N) is 2. The minimum absolute atomic E-state index is 0.00980. The topological polar surface area (TPSA) is 69.7 Å². The average Bonchev–Trinajstić information content (AvgIpc) is 2.73. The minimum atomic E-state index is -0.0219. The number of hydrogen-bond acceptors (Lipinski definition) is 3. The molecule has 1 saturated heterocycles. The molecule has 0 bridgehead atoms. The standard InChI is InChI=1S/C21H28BrN3O3/c22-17-8-6-16(7-9-17)19(26)10-11-20(27)24-12-14-25(15-13-24)21(28)23-18-4-2-1-3-5-18/h6-9,18H,1-5,10-15H2,(H,23,28). The largest absolute Gasteiger partial charge is 0.339 e. The summed E-state index contributed by atoms with van der Waals surface area (Å²) in [5, 5.41) is 3.13. The zero-order valence-corrected chi connectivity index (χ0v) is 17.7. The van der Waals surface area contributed by atoms with E-state index in [-0.39, 0.29) is 30.6 Å². The average molecular weight is 450 g/mol. The molecule has 1 aliphatic carbocycles. The van der Waals surface area contributed by atoms with Crippen molar-refractivity contribution in [3.05, 3.63) is 34.3 Å². The van der Waals surface area contributed by atoms with Gasteiger partial charge >= 0.3 is 6.03 Å². The molecule has 0 radical (unpaired) electrons. The van der Waals surface area contributed by atoms with Crippen molar-refractivity contribution < 1.29 is 14.4 Å². The van der Waals surface area contributed by atoms with Gasteiger partial charge in [0, 0.05) is 55.1 Å². The number of hydrogen-bond donors (Lipinski definition) is 1. The minimum Gasteiger partial charge on any atom is -0.339 e. The van der Waals surface area contributed by atoms with Crippen molar-refractivity contribution in [1.29, 1.82) is 0 Å². The lowest BCUT2D eigenvalue weighted by Gasteiger charge is -2.36. The molecular weight excluding hydrogens is 422 g/mol. The van der Waals surface area contributed by atoms with Crippen LogP contribution in [0.3, 0.4) is 0 Å². The van der Waals surface area contributed by atoms with Crippen LogP contribution in [0.4, 0.5) is 4.79 Å². The van der Waals surface area contributed by atoms with Gasteiger partial charge < -0.3 is 15.1 Å². The van der Waals surface area contributed by atoms with Gasteiger partial charge in [-0.3, -0.25) is 9.59 Å². The molecule has 1 heterocycles. The van der Waals surface area contributed by atoms with E-state index in [1.54, 1.807) is 21.9 Å². The Morgan fingerprint density at radius 2 is 1.50 bits per heavy atom. The normalized spacial score (nSPS) is 18.0. The van der Waals surface area contributed by atoms with E-state index >= 15 is 0 Å². The van der Waals surface area contributed by atoms with Gasteiger partial charge in [-0.1, -0.05) is 47.3 Å². The summed E-state index contributed by atoms with van der Waals surface area (Å²) in [5.74, 6) is -0.0378. The molecule has 1 aromatic rings. The molecule has 1 N–H and O–H groups in total. The van der Waals surface area contributed by atoms with Crippen LogP contribution >= 0.6 is 15.9 Å². The van der Waals surface area contributed by atoms with E-state index in [0.717, 1.165) is 17.3 Å². The Kier molecular flexibility index (Phi) is 7.48. The lowest BCUT2D eigenvalue weighted by molar-refractivity contribution is -0.132. The molecule has 152 valence electrons. The van der Waals surface area contributed by atoms with Crippen LogP contribution in [0, 0.1) is 0 Å². The first-order chi connectivity index (χ1) is 13.5. The summed E-state index contributed by atoms with van der Waals surface area (Å²) in [6, 6.07) is 7.47. The first kappa shape index (κ1) is 20.8. The van der Waals surface area contributed by atoms with Gasteiger partial charge in [-0.05, 0) is 25.0 Å². The lowest BCUT2D eigenvalue weighted by Crippen LogP contribution is -2.54. The summed E-state index contributed by atoms with van der Waals surface area (Å²) in [6.45, 7) is 2.16. The van der Waals surface area contributed by atoms with E-state index in [0.29, 0.717) is 37.8 Å². The number of carbonyl (C=O) groups excluding carboxylic acids is 3. The molecule has 6 nitrogen and oxygen atoms in total.